The van der Waals surface area contributed by atoms with Crippen LogP contribution in [0.2, 0.25) is 0 Å². The first-order valence-corrected chi connectivity index (χ1v) is 9.78. The maximum Gasteiger partial charge on any atom is 0.391 e. The third-order valence-electron chi connectivity index (χ3n) is 6.57. The summed E-state index contributed by atoms with van der Waals surface area (Å²) in [5.74, 6) is -1.11. The Labute approximate surface area is 162 Å². The van der Waals surface area contributed by atoms with Crippen LogP contribution in [0.5, 0.6) is 0 Å². The van der Waals surface area contributed by atoms with E-state index in [9.17, 15) is 23.1 Å². The second kappa shape index (κ2) is 6.62. The number of alkyl halides is 3. The summed E-state index contributed by atoms with van der Waals surface area (Å²) in [5, 5.41) is 12.9. The molecule has 3 aliphatic rings. The molecule has 154 valence electrons. The molecule has 2 atom stereocenters. The summed E-state index contributed by atoms with van der Waals surface area (Å²) in [6.45, 7) is 2.17. The van der Waals surface area contributed by atoms with Gasteiger partial charge in [-0.3, -0.25) is 0 Å². The van der Waals surface area contributed by atoms with Gasteiger partial charge in [0.15, 0.2) is 0 Å². The molecule has 0 spiro atoms. The summed E-state index contributed by atoms with van der Waals surface area (Å²) < 4.78 is 38.8. The number of rotatable bonds is 3. The van der Waals surface area contributed by atoms with Crippen molar-refractivity contribution in [1.29, 1.82) is 0 Å². The molecule has 1 aromatic rings. The van der Waals surface area contributed by atoms with Crippen molar-refractivity contribution in [3.8, 4) is 0 Å². The highest BCUT2D eigenvalue weighted by atomic mass is 19.4. The van der Waals surface area contributed by atoms with Gasteiger partial charge < -0.3 is 21.1 Å². The van der Waals surface area contributed by atoms with E-state index >= 15 is 0 Å². The van der Waals surface area contributed by atoms with Crippen molar-refractivity contribution in [2.75, 3.05) is 5.32 Å². The molecule has 2 amide bonds. The van der Waals surface area contributed by atoms with Crippen LogP contribution in [0, 0.1) is 5.92 Å². The van der Waals surface area contributed by atoms with E-state index in [0.717, 1.165) is 11.1 Å². The zero-order valence-electron chi connectivity index (χ0n) is 15.8. The second-order valence-corrected chi connectivity index (χ2v) is 8.81. The molecule has 0 aromatic heterocycles. The number of hydrogen-bond acceptors (Lipinski definition) is 3. The van der Waals surface area contributed by atoms with Crippen molar-refractivity contribution in [2.45, 2.75) is 75.4 Å². The molecule has 1 aromatic carbocycles. The zero-order valence-corrected chi connectivity index (χ0v) is 15.8. The lowest BCUT2D eigenvalue weighted by molar-refractivity contribution is -0.205. The summed E-state index contributed by atoms with van der Waals surface area (Å²) in [5.41, 5.74) is 7.77. The van der Waals surface area contributed by atoms with Gasteiger partial charge in [-0.2, -0.15) is 13.2 Å². The maximum atomic E-state index is 12.9. The summed E-state index contributed by atoms with van der Waals surface area (Å²) in [6, 6.07) is 4.51. The summed E-state index contributed by atoms with van der Waals surface area (Å²) in [7, 11) is 0. The van der Waals surface area contributed by atoms with Crippen molar-refractivity contribution < 1.29 is 23.1 Å². The Morgan fingerprint density at radius 3 is 2.46 bits per heavy atom. The highest BCUT2D eigenvalue weighted by Gasteiger charge is 2.54. The molecule has 1 saturated heterocycles. The number of nitrogens with one attached hydrogen (secondary N) is 1. The largest absolute Gasteiger partial charge is 0.391 e. The van der Waals surface area contributed by atoms with Crippen LogP contribution in [0.4, 0.5) is 23.7 Å². The maximum absolute atomic E-state index is 12.9. The number of anilines is 1. The number of urea groups is 1. The number of fused-ring (bicyclic) bond motifs is 2. The number of benzene rings is 1. The Bertz CT molecular complexity index is 760. The fourth-order valence-electron chi connectivity index (χ4n) is 5.12. The van der Waals surface area contributed by atoms with E-state index in [0.29, 0.717) is 31.5 Å². The summed E-state index contributed by atoms with van der Waals surface area (Å²) in [6.07, 6.45) is -2.27. The van der Waals surface area contributed by atoms with E-state index in [2.05, 4.69) is 5.32 Å². The van der Waals surface area contributed by atoms with E-state index in [1.807, 2.05) is 12.1 Å². The minimum absolute atomic E-state index is 0.0120. The van der Waals surface area contributed by atoms with Crippen molar-refractivity contribution in [3.05, 3.63) is 29.3 Å². The minimum atomic E-state index is -4.18. The quantitative estimate of drug-likeness (QED) is 0.727. The molecule has 8 heteroatoms. The number of halogens is 3. The monoisotopic (exact) mass is 397 g/mol. The van der Waals surface area contributed by atoms with Gasteiger partial charge in [0.2, 0.25) is 0 Å². The summed E-state index contributed by atoms with van der Waals surface area (Å²) >= 11 is 0. The van der Waals surface area contributed by atoms with Gasteiger partial charge in [0.05, 0.1) is 11.5 Å². The van der Waals surface area contributed by atoms with Crippen LogP contribution in [-0.2, 0) is 6.54 Å². The Morgan fingerprint density at radius 2 is 1.93 bits per heavy atom. The van der Waals surface area contributed by atoms with Crippen molar-refractivity contribution in [1.82, 2.24) is 4.90 Å². The number of carbonyl (C=O) groups is 1. The number of nitrogens with zero attached hydrogens (tertiary/aromatic N) is 1. The molecule has 0 radical (unpaired) electrons. The fourth-order valence-corrected chi connectivity index (χ4v) is 5.12. The number of amides is 2. The van der Waals surface area contributed by atoms with Crippen molar-refractivity contribution in [3.63, 3.8) is 0 Å². The van der Waals surface area contributed by atoms with Crippen LogP contribution in [0.25, 0.3) is 0 Å². The third-order valence-corrected chi connectivity index (χ3v) is 6.57. The van der Waals surface area contributed by atoms with Crippen LogP contribution in [0.1, 0.15) is 56.1 Å². The number of carbonyl (C=O) groups excluding carboxylic acids is 1. The standard InChI is InChI=1S/C20H26F3N3O2/c1-19(28)8-12(9-19)17-6-14(3-2-11(17)10-24)25-18(27)26-15-4-13(20(21,22)23)5-16(26)7-15/h2-3,6,12-13,15-16,28H,4-5,7-10,24H2,1H3,(H,25,27). The Balaban J connectivity index is 1.43. The van der Waals surface area contributed by atoms with Gasteiger partial charge >= 0.3 is 12.2 Å². The van der Waals surface area contributed by atoms with Gasteiger partial charge in [0.25, 0.3) is 0 Å². The Hall–Kier alpha value is -1.80. The SMILES string of the molecule is CC1(O)CC(c2cc(NC(=O)N3C4CC3CC(C(F)(F)F)C4)ccc2CN)C1. The molecule has 4 N–H and O–H groups in total. The molecular formula is C20H26F3N3O2. The topological polar surface area (TPSA) is 78.6 Å². The first kappa shape index (κ1) is 19.5. The molecule has 2 aliphatic carbocycles. The van der Waals surface area contributed by atoms with Gasteiger partial charge in [0.1, 0.15) is 0 Å². The molecule has 3 fully saturated rings. The molecule has 28 heavy (non-hydrogen) atoms. The number of hydrogen-bond donors (Lipinski definition) is 3. The third kappa shape index (κ3) is 3.48. The normalized spacial score (nSPS) is 34.4. The molecule has 2 unspecified atom stereocenters. The van der Waals surface area contributed by atoms with Crippen LogP contribution in [-0.4, -0.2) is 39.9 Å². The molecule has 1 aliphatic heterocycles. The number of nitrogens with two attached hydrogens (primary N) is 1. The van der Waals surface area contributed by atoms with E-state index in [-0.39, 0.29) is 36.9 Å². The Kier molecular flexibility index (Phi) is 4.62. The van der Waals surface area contributed by atoms with Crippen LogP contribution < -0.4 is 11.1 Å². The Morgan fingerprint density at radius 1 is 1.29 bits per heavy atom. The van der Waals surface area contributed by atoms with Gasteiger partial charge in [0, 0.05) is 24.3 Å². The van der Waals surface area contributed by atoms with Crippen LogP contribution in [0.3, 0.4) is 0 Å². The van der Waals surface area contributed by atoms with E-state index in [1.165, 1.54) is 0 Å². The highest BCUT2D eigenvalue weighted by molar-refractivity contribution is 5.90. The number of piperidine rings is 1. The fraction of sp³-hybridized carbons (Fsp3) is 0.650. The predicted octanol–water partition coefficient (Wildman–Crippen LogP) is 3.72. The number of likely N-dealkylation sites (tertiary alicyclic amines) is 1. The lowest BCUT2D eigenvalue weighted by Gasteiger charge is -2.55. The lowest BCUT2D eigenvalue weighted by atomic mass is 9.68. The average molecular weight is 397 g/mol. The van der Waals surface area contributed by atoms with Gasteiger partial charge in [-0.25, -0.2) is 4.79 Å². The molecule has 2 saturated carbocycles. The smallest absolute Gasteiger partial charge is 0.390 e. The minimum Gasteiger partial charge on any atom is -0.390 e. The van der Waals surface area contributed by atoms with E-state index in [1.54, 1.807) is 17.9 Å². The van der Waals surface area contributed by atoms with Crippen LogP contribution in [0.15, 0.2) is 18.2 Å². The first-order chi connectivity index (χ1) is 13.1. The molecule has 1 heterocycles. The zero-order chi connectivity index (χ0) is 20.3. The number of aliphatic hydroxyl groups is 1. The highest BCUT2D eigenvalue weighted by Crippen LogP contribution is 2.48. The predicted molar refractivity (Wildman–Crippen MR) is 98.8 cm³/mol. The average Bonchev–Trinajstić information content (AvgIpc) is 2.58. The molecular weight excluding hydrogens is 371 g/mol. The molecule has 2 bridgehead atoms. The van der Waals surface area contributed by atoms with Gasteiger partial charge in [-0.05, 0) is 68.2 Å². The molecule has 4 rings (SSSR count). The van der Waals surface area contributed by atoms with Crippen molar-refractivity contribution >= 4 is 11.7 Å². The lowest BCUT2D eigenvalue weighted by Crippen LogP contribution is -2.65. The second-order valence-electron chi connectivity index (χ2n) is 8.81. The van der Waals surface area contributed by atoms with Gasteiger partial charge in [-0.1, -0.05) is 6.07 Å². The van der Waals surface area contributed by atoms with E-state index < -0.39 is 17.7 Å². The molecule has 5 nitrogen and oxygen atoms in total. The van der Waals surface area contributed by atoms with E-state index in [4.69, 9.17) is 5.73 Å². The first-order valence-electron chi connectivity index (χ1n) is 9.78. The van der Waals surface area contributed by atoms with Crippen LogP contribution >= 0.6 is 0 Å². The van der Waals surface area contributed by atoms with Crippen molar-refractivity contribution in [2.24, 2.45) is 11.7 Å². The summed E-state index contributed by atoms with van der Waals surface area (Å²) in [4.78, 5) is 14.2. The van der Waals surface area contributed by atoms with Gasteiger partial charge in [-0.15, -0.1) is 0 Å².